The molecule has 0 fully saturated rings. The van der Waals surface area contributed by atoms with Gasteiger partial charge in [-0.1, -0.05) is 27.7 Å². The molecule has 0 aromatic carbocycles. The summed E-state index contributed by atoms with van der Waals surface area (Å²) in [6.07, 6.45) is 6.67. The van der Waals surface area contributed by atoms with E-state index in [0.717, 1.165) is 6.42 Å². The summed E-state index contributed by atoms with van der Waals surface area (Å²) in [4.78, 5) is 8.52. The Kier molecular flexibility index (Phi) is 3.98. The van der Waals surface area contributed by atoms with E-state index in [1.165, 1.54) is 16.8 Å². The Hall–Kier alpha value is -1.70. The van der Waals surface area contributed by atoms with Gasteiger partial charge in [-0.25, -0.2) is 0 Å². The molecule has 2 heterocycles. The summed E-state index contributed by atoms with van der Waals surface area (Å²) in [5.41, 5.74) is 3.95. The molecule has 0 spiro atoms. The van der Waals surface area contributed by atoms with E-state index < -0.39 is 0 Å². The molecular formula is C17H22N2. The maximum absolute atomic E-state index is 4.43. The molecule has 0 saturated heterocycles. The van der Waals surface area contributed by atoms with Gasteiger partial charge in [0, 0.05) is 24.3 Å². The van der Waals surface area contributed by atoms with Crippen LogP contribution in [-0.4, -0.2) is 9.97 Å². The SMILES string of the molecule is CC(C)c1cc(CC(C)(C)c2ccncc2)ccn1. The molecule has 100 valence electrons. The Morgan fingerprint density at radius 1 is 1.05 bits per heavy atom. The summed E-state index contributed by atoms with van der Waals surface area (Å²) >= 11 is 0. The number of rotatable bonds is 4. The van der Waals surface area contributed by atoms with Gasteiger partial charge in [-0.3, -0.25) is 9.97 Å². The molecule has 0 aliphatic carbocycles. The summed E-state index contributed by atoms with van der Waals surface area (Å²) in [5, 5.41) is 0. The predicted molar refractivity (Wildman–Crippen MR) is 79.3 cm³/mol. The number of hydrogen-bond donors (Lipinski definition) is 0. The third kappa shape index (κ3) is 3.40. The fourth-order valence-corrected chi connectivity index (χ4v) is 2.34. The molecule has 0 aliphatic rings. The van der Waals surface area contributed by atoms with E-state index >= 15 is 0 Å². The second-order valence-corrected chi connectivity index (χ2v) is 6.04. The fourth-order valence-electron chi connectivity index (χ4n) is 2.34. The highest BCUT2D eigenvalue weighted by molar-refractivity contribution is 5.27. The molecule has 0 saturated carbocycles. The van der Waals surface area contributed by atoms with Crippen molar-refractivity contribution < 1.29 is 0 Å². The predicted octanol–water partition coefficient (Wildman–Crippen LogP) is 4.12. The minimum atomic E-state index is 0.110. The molecule has 0 N–H and O–H groups in total. The monoisotopic (exact) mass is 254 g/mol. The van der Waals surface area contributed by atoms with Gasteiger partial charge < -0.3 is 0 Å². The Labute approximate surface area is 115 Å². The van der Waals surface area contributed by atoms with Crippen LogP contribution < -0.4 is 0 Å². The largest absolute Gasteiger partial charge is 0.265 e. The topological polar surface area (TPSA) is 25.8 Å². The lowest BCUT2D eigenvalue weighted by Gasteiger charge is -2.25. The normalized spacial score (nSPS) is 11.8. The van der Waals surface area contributed by atoms with Crippen molar-refractivity contribution in [2.24, 2.45) is 0 Å². The minimum Gasteiger partial charge on any atom is -0.265 e. The summed E-state index contributed by atoms with van der Waals surface area (Å²) < 4.78 is 0. The number of aromatic nitrogens is 2. The van der Waals surface area contributed by atoms with Gasteiger partial charge in [-0.15, -0.1) is 0 Å². The van der Waals surface area contributed by atoms with Crippen LogP contribution >= 0.6 is 0 Å². The highest BCUT2D eigenvalue weighted by Gasteiger charge is 2.21. The van der Waals surface area contributed by atoms with Crippen molar-refractivity contribution in [2.75, 3.05) is 0 Å². The molecule has 2 aromatic rings. The Morgan fingerprint density at radius 2 is 1.74 bits per heavy atom. The first-order chi connectivity index (χ1) is 8.99. The third-order valence-electron chi connectivity index (χ3n) is 3.54. The standard InChI is InChI=1S/C17H22N2/c1-13(2)16-11-14(5-10-19-16)12-17(3,4)15-6-8-18-9-7-15/h5-11,13H,12H2,1-4H3. The number of hydrogen-bond acceptors (Lipinski definition) is 2. The van der Waals surface area contributed by atoms with Crippen LogP contribution in [0.1, 0.15) is 50.4 Å². The molecule has 19 heavy (non-hydrogen) atoms. The van der Waals surface area contributed by atoms with Crippen molar-refractivity contribution in [1.29, 1.82) is 0 Å². The molecule has 0 unspecified atom stereocenters. The molecule has 0 amide bonds. The summed E-state index contributed by atoms with van der Waals surface area (Å²) in [5.74, 6) is 0.476. The average Bonchev–Trinajstić information content (AvgIpc) is 2.39. The lowest BCUT2D eigenvalue weighted by molar-refractivity contribution is 0.521. The van der Waals surface area contributed by atoms with Crippen molar-refractivity contribution in [3.63, 3.8) is 0 Å². The number of pyridine rings is 2. The van der Waals surface area contributed by atoms with Gasteiger partial charge in [0.25, 0.3) is 0 Å². The van der Waals surface area contributed by atoms with Crippen LogP contribution in [0.2, 0.25) is 0 Å². The molecule has 0 aliphatic heterocycles. The highest BCUT2D eigenvalue weighted by atomic mass is 14.7. The molecule has 0 bridgehead atoms. The zero-order chi connectivity index (χ0) is 13.9. The van der Waals surface area contributed by atoms with Gasteiger partial charge in [0.2, 0.25) is 0 Å². The number of nitrogens with zero attached hydrogens (tertiary/aromatic N) is 2. The smallest absolute Gasteiger partial charge is 0.0431 e. The Balaban J connectivity index is 2.23. The van der Waals surface area contributed by atoms with E-state index in [1.807, 2.05) is 18.6 Å². The van der Waals surface area contributed by atoms with Crippen LogP contribution in [0, 0.1) is 0 Å². The summed E-state index contributed by atoms with van der Waals surface area (Å²) in [6.45, 7) is 8.91. The quantitative estimate of drug-likeness (QED) is 0.820. The maximum atomic E-state index is 4.43. The third-order valence-corrected chi connectivity index (χ3v) is 3.54. The maximum Gasteiger partial charge on any atom is 0.0431 e. The molecular weight excluding hydrogens is 232 g/mol. The van der Waals surface area contributed by atoms with Crippen molar-refractivity contribution in [1.82, 2.24) is 9.97 Å². The lowest BCUT2D eigenvalue weighted by Crippen LogP contribution is -2.20. The van der Waals surface area contributed by atoms with E-state index in [2.05, 4.69) is 61.9 Å². The molecule has 0 radical (unpaired) electrons. The van der Waals surface area contributed by atoms with Gasteiger partial charge in [-0.2, -0.15) is 0 Å². The molecule has 2 aromatic heterocycles. The van der Waals surface area contributed by atoms with Gasteiger partial charge in [-0.05, 0) is 53.1 Å². The zero-order valence-corrected chi connectivity index (χ0v) is 12.2. The Bertz CT molecular complexity index is 530. The second kappa shape index (κ2) is 5.52. The van der Waals surface area contributed by atoms with Crippen molar-refractivity contribution in [3.8, 4) is 0 Å². The van der Waals surface area contributed by atoms with Crippen LogP contribution in [0.4, 0.5) is 0 Å². The van der Waals surface area contributed by atoms with E-state index in [1.54, 1.807) is 0 Å². The van der Waals surface area contributed by atoms with E-state index in [9.17, 15) is 0 Å². The first kappa shape index (κ1) is 13.7. The zero-order valence-electron chi connectivity index (χ0n) is 12.2. The first-order valence-corrected chi connectivity index (χ1v) is 6.84. The van der Waals surface area contributed by atoms with Crippen LogP contribution in [0.3, 0.4) is 0 Å². The Morgan fingerprint density at radius 3 is 2.37 bits per heavy atom. The van der Waals surface area contributed by atoms with Gasteiger partial charge in [0.15, 0.2) is 0 Å². The second-order valence-electron chi connectivity index (χ2n) is 6.04. The molecule has 2 heteroatoms. The van der Waals surface area contributed by atoms with Crippen molar-refractivity contribution >= 4 is 0 Å². The van der Waals surface area contributed by atoms with E-state index in [0.29, 0.717) is 5.92 Å². The van der Waals surface area contributed by atoms with Crippen LogP contribution in [-0.2, 0) is 11.8 Å². The summed E-state index contributed by atoms with van der Waals surface area (Å²) in [7, 11) is 0. The van der Waals surface area contributed by atoms with Gasteiger partial charge in [0.1, 0.15) is 0 Å². The van der Waals surface area contributed by atoms with Gasteiger partial charge >= 0.3 is 0 Å². The highest BCUT2D eigenvalue weighted by Crippen LogP contribution is 2.27. The fraction of sp³-hybridized carbons (Fsp3) is 0.412. The molecule has 0 atom stereocenters. The van der Waals surface area contributed by atoms with Crippen molar-refractivity contribution in [3.05, 3.63) is 59.7 Å². The van der Waals surface area contributed by atoms with Crippen molar-refractivity contribution in [2.45, 2.75) is 45.4 Å². The molecule has 2 rings (SSSR count). The summed E-state index contributed by atoms with van der Waals surface area (Å²) in [6, 6.07) is 8.55. The van der Waals surface area contributed by atoms with E-state index in [-0.39, 0.29) is 5.41 Å². The average molecular weight is 254 g/mol. The first-order valence-electron chi connectivity index (χ1n) is 6.84. The lowest BCUT2D eigenvalue weighted by atomic mass is 9.79. The van der Waals surface area contributed by atoms with Crippen LogP contribution in [0.15, 0.2) is 42.9 Å². The minimum absolute atomic E-state index is 0.110. The van der Waals surface area contributed by atoms with Crippen LogP contribution in [0.5, 0.6) is 0 Å². The van der Waals surface area contributed by atoms with Crippen LogP contribution in [0.25, 0.3) is 0 Å². The van der Waals surface area contributed by atoms with E-state index in [4.69, 9.17) is 0 Å². The van der Waals surface area contributed by atoms with Gasteiger partial charge in [0.05, 0.1) is 0 Å². The molecule has 2 nitrogen and oxygen atoms in total.